The number of amides is 2. The summed E-state index contributed by atoms with van der Waals surface area (Å²) in [4.78, 5) is 12.8. The van der Waals surface area contributed by atoms with Crippen LogP contribution in [0.2, 0.25) is 0 Å². The van der Waals surface area contributed by atoms with Crippen LogP contribution in [0.1, 0.15) is 11.8 Å². The Labute approximate surface area is 116 Å². The molecule has 1 aromatic carbocycles. The third-order valence-corrected chi connectivity index (χ3v) is 3.28. The van der Waals surface area contributed by atoms with Crippen LogP contribution in [0.4, 0.5) is 10.5 Å². The third kappa shape index (κ3) is 4.30. The summed E-state index contributed by atoms with van der Waals surface area (Å²) < 4.78 is 5.38. The Balaban J connectivity index is 1.86. The predicted molar refractivity (Wildman–Crippen MR) is 77.8 cm³/mol. The molecule has 0 atom stereocenters. The maximum absolute atomic E-state index is 11.7. The average Bonchev–Trinajstić information content (AvgIpc) is 2.90. The van der Waals surface area contributed by atoms with E-state index in [1.807, 2.05) is 42.6 Å². The van der Waals surface area contributed by atoms with Crippen LogP contribution >= 0.6 is 11.3 Å². The fraction of sp³-hybridized carbons (Fsp3) is 0.214. The molecule has 1 heterocycles. The van der Waals surface area contributed by atoms with Gasteiger partial charge in [-0.3, -0.25) is 0 Å². The van der Waals surface area contributed by atoms with E-state index in [1.165, 1.54) is 0 Å². The minimum atomic E-state index is -0.220. The van der Waals surface area contributed by atoms with E-state index in [-0.39, 0.29) is 6.03 Å². The molecule has 2 aromatic rings. The van der Waals surface area contributed by atoms with Gasteiger partial charge in [-0.05, 0) is 30.5 Å². The van der Waals surface area contributed by atoms with E-state index in [4.69, 9.17) is 4.74 Å². The summed E-state index contributed by atoms with van der Waals surface area (Å²) >= 11 is 1.62. The van der Waals surface area contributed by atoms with Crippen LogP contribution in [-0.4, -0.2) is 12.6 Å². The van der Waals surface area contributed by atoms with Crippen LogP contribution in [0.5, 0.6) is 5.75 Å². The average molecular weight is 276 g/mol. The molecule has 2 rings (SSSR count). The van der Waals surface area contributed by atoms with Crippen molar-refractivity contribution in [3.63, 3.8) is 0 Å². The van der Waals surface area contributed by atoms with Crippen molar-refractivity contribution < 1.29 is 9.53 Å². The number of nitrogens with one attached hydrogen (secondary N) is 2. The topological polar surface area (TPSA) is 50.4 Å². The molecule has 0 radical (unpaired) electrons. The highest BCUT2D eigenvalue weighted by Crippen LogP contribution is 2.17. The zero-order valence-electron chi connectivity index (χ0n) is 10.7. The molecule has 0 unspecified atom stereocenters. The van der Waals surface area contributed by atoms with Crippen molar-refractivity contribution in [3.05, 3.63) is 46.7 Å². The van der Waals surface area contributed by atoms with E-state index in [1.54, 1.807) is 17.4 Å². The Hall–Kier alpha value is -2.01. The number of urea groups is 1. The number of rotatable bonds is 5. The van der Waals surface area contributed by atoms with E-state index in [0.29, 0.717) is 13.2 Å². The van der Waals surface area contributed by atoms with Crippen molar-refractivity contribution >= 4 is 23.1 Å². The molecule has 2 N–H and O–H groups in total. The smallest absolute Gasteiger partial charge is 0.319 e. The Morgan fingerprint density at radius 1 is 1.32 bits per heavy atom. The molecule has 2 amide bonds. The quantitative estimate of drug-likeness (QED) is 0.878. The zero-order chi connectivity index (χ0) is 13.5. The monoisotopic (exact) mass is 276 g/mol. The van der Waals surface area contributed by atoms with Gasteiger partial charge in [-0.15, -0.1) is 11.3 Å². The van der Waals surface area contributed by atoms with E-state index in [9.17, 15) is 4.79 Å². The number of benzene rings is 1. The van der Waals surface area contributed by atoms with Crippen molar-refractivity contribution in [2.45, 2.75) is 13.5 Å². The first kappa shape index (κ1) is 13.4. The van der Waals surface area contributed by atoms with Gasteiger partial charge in [0.25, 0.3) is 0 Å². The molecule has 0 aliphatic heterocycles. The van der Waals surface area contributed by atoms with E-state index in [0.717, 1.165) is 16.3 Å². The molecule has 4 nitrogen and oxygen atoms in total. The second kappa shape index (κ2) is 6.80. The van der Waals surface area contributed by atoms with Gasteiger partial charge in [-0.1, -0.05) is 12.1 Å². The highest BCUT2D eigenvalue weighted by Gasteiger charge is 2.03. The van der Waals surface area contributed by atoms with Gasteiger partial charge >= 0.3 is 6.03 Å². The Morgan fingerprint density at radius 2 is 2.21 bits per heavy atom. The van der Waals surface area contributed by atoms with E-state index < -0.39 is 0 Å². The van der Waals surface area contributed by atoms with Crippen LogP contribution in [0.25, 0.3) is 0 Å². The molecule has 19 heavy (non-hydrogen) atoms. The normalized spacial score (nSPS) is 9.95. The lowest BCUT2D eigenvalue weighted by molar-refractivity contribution is 0.252. The molecule has 0 aliphatic rings. The highest BCUT2D eigenvalue weighted by atomic mass is 32.1. The number of thiophene rings is 1. The third-order valence-electron chi connectivity index (χ3n) is 2.41. The molecule has 0 saturated heterocycles. The van der Waals surface area contributed by atoms with E-state index >= 15 is 0 Å². The molecule has 100 valence electrons. The van der Waals surface area contributed by atoms with Gasteiger partial charge in [0.05, 0.1) is 13.2 Å². The number of ether oxygens (including phenoxy) is 1. The lowest BCUT2D eigenvalue weighted by Crippen LogP contribution is -2.27. The summed E-state index contributed by atoms with van der Waals surface area (Å²) in [6.07, 6.45) is 0. The maximum Gasteiger partial charge on any atom is 0.319 e. The molecule has 0 spiro atoms. The number of hydrogen-bond donors (Lipinski definition) is 2. The summed E-state index contributed by atoms with van der Waals surface area (Å²) in [6, 6.07) is 11.1. The minimum Gasteiger partial charge on any atom is -0.494 e. The number of carbonyl (C=O) groups excluding carboxylic acids is 1. The van der Waals surface area contributed by atoms with Crippen molar-refractivity contribution in [3.8, 4) is 5.75 Å². The van der Waals surface area contributed by atoms with Crippen LogP contribution in [0.15, 0.2) is 41.8 Å². The SMILES string of the molecule is CCOc1cccc(NC(=O)NCc2cccs2)c1. The Bertz CT molecular complexity index is 526. The highest BCUT2D eigenvalue weighted by molar-refractivity contribution is 7.09. The molecule has 0 saturated carbocycles. The van der Waals surface area contributed by atoms with Gasteiger partial charge in [0.2, 0.25) is 0 Å². The van der Waals surface area contributed by atoms with Gasteiger partial charge in [0.15, 0.2) is 0 Å². The Kier molecular flexibility index (Phi) is 4.80. The minimum absolute atomic E-state index is 0.220. The Morgan fingerprint density at radius 3 is 2.95 bits per heavy atom. The van der Waals surface area contributed by atoms with Gasteiger partial charge < -0.3 is 15.4 Å². The number of carbonyl (C=O) groups is 1. The first-order chi connectivity index (χ1) is 9.28. The summed E-state index contributed by atoms with van der Waals surface area (Å²) in [7, 11) is 0. The van der Waals surface area contributed by atoms with Crippen molar-refractivity contribution in [2.24, 2.45) is 0 Å². The summed E-state index contributed by atoms with van der Waals surface area (Å²) in [5.74, 6) is 0.749. The summed E-state index contributed by atoms with van der Waals surface area (Å²) in [6.45, 7) is 3.07. The maximum atomic E-state index is 11.7. The fourth-order valence-electron chi connectivity index (χ4n) is 1.59. The van der Waals surface area contributed by atoms with Gasteiger partial charge in [0, 0.05) is 16.6 Å². The van der Waals surface area contributed by atoms with Crippen molar-refractivity contribution in [1.29, 1.82) is 0 Å². The summed E-state index contributed by atoms with van der Waals surface area (Å²) in [5.41, 5.74) is 0.717. The van der Waals surface area contributed by atoms with Crippen LogP contribution < -0.4 is 15.4 Å². The first-order valence-corrected chi connectivity index (χ1v) is 6.96. The van der Waals surface area contributed by atoms with Crippen molar-refractivity contribution in [1.82, 2.24) is 5.32 Å². The molecule has 0 fully saturated rings. The zero-order valence-corrected chi connectivity index (χ0v) is 11.5. The van der Waals surface area contributed by atoms with Gasteiger partial charge in [0.1, 0.15) is 5.75 Å². The lowest BCUT2D eigenvalue weighted by atomic mass is 10.3. The van der Waals surface area contributed by atoms with Gasteiger partial charge in [-0.25, -0.2) is 4.79 Å². The molecular weight excluding hydrogens is 260 g/mol. The van der Waals surface area contributed by atoms with Crippen LogP contribution in [0, 0.1) is 0 Å². The molecule has 0 aliphatic carbocycles. The standard InChI is InChI=1S/C14H16N2O2S/c1-2-18-12-6-3-5-11(9-12)16-14(17)15-10-13-7-4-8-19-13/h3-9H,2,10H2,1H3,(H2,15,16,17). The summed E-state index contributed by atoms with van der Waals surface area (Å²) in [5, 5.41) is 7.57. The molecule has 1 aromatic heterocycles. The second-order valence-corrected chi connectivity index (χ2v) is 4.88. The number of hydrogen-bond acceptors (Lipinski definition) is 3. The predicted octanol–water partition coefficient (Wildman–Crippen LogP) is 3.47. The van der Waals surface area contributed by atoms with Crippen LogP contribution in [-0.2, 0) is 6.54 Å². The fourth-order valence-corrected chi connectivity index (χ4v) is 2.23. The van der Waals surface area contributed by atoms with Crippen molar-refractivity contribution in [2.75, 3.05) is 11.9 Å². The molecule has 5 heteroatoms. The number of anilines is 1. The van der Waals surface area contributed by atoms with Gasteiger partial charge in [-0.2, -0.15) is 0 Å². The largest absolute Gasteiger partial charge is 0.494 e. The second-order valence-electron chi connectivity index (χ2n) is 3.85. The lowest BCUT2D eigenvalue weighted by Gasteiger charge is -2.08. The van der Waals surface area contributed by atoms with E-state index in [2.05, 4.69) is 10.6 Å². The van der Waals surface area contributed by atoms with Crippen LogP contribution in [0.3, 0.4) is 0 Å². The first-order valence-electron chi connectivity index (χ1n) is 6.08. The molecule has 0 bridgehead atoms. The molecular formula is C14H16N2O2S.